The van der Waals surface area contributed by atoms with Gasteiger partial charge in [-0.15, -0.1) is 0 Å². The van der Waals surface area contributed by atoms with E-state index in [2.05, 4.69) is 0 Å². The first-order chi connectivity index (χ1) is 17.0. The number of ether oxygens (including phenoxy) is 6. The number of rotatable bonds is 10. The van der Waals surface area contributed by atoms with Crippen molar-refractivity contribution in [3.63, 3.8) is 0 Å². The summed E-state index contributed by atoms with van der Waals surface area (Å²) in [5.41, 5.74) is 2.05. The SMILES string of the molecule is COc1ccc(COC[C@H]2C[C@H](O)CC3(C[C@@H](O)C[C@H](COCc4ccc(OC)cc4)O3)O2)cc1. The Kier molecular flexibility index (Phi) is 8.99. The number of hydrogen-bond donors (Lipinski definition) is 2. The summed E-state index contributed by atoms with van der Waals surface area (Å²) >= 11 is 0. The molecule has 1 spiro atoms. The van der Waals surface area contributed by atoms with Crippen LogP contribution in [0, 0.1) is 0 Å². The lowest BCUT2D eigenvalue weighted by molar-refractivity contribution is -0.346. The first-order valence-electron chi connectivity index (χ1n) is 12.1. The van der Waals surface area contributed by atoms with Gasteiger partial charge in [-0.3, -0.25) is 0 Å². The Hall–Kier alpha value is -2.20. The molecule has 0 radical (unpaired) electrons. The minimum Gasteiger partial charge on any atom is -0.497 e. The van der Waals surface area contributed by atoms with E-state index >= 15 is 0 Å². The highest BCUT2D eigenvalue weighted by atomic mass is 16.7. The van der Waals surface area contributed by atoms with Crippen LogP contribution in [-0.2, 0) is 32.2 Å². The van der Waals surface area contributed by atoms with E-state index in [1.165, 1.54) is 0 Å². The maximum absolute atomic E-state index is 10.6. The molecule has 0 aliphatic carbocycles. The average Bonchev–Trinajstić information content (AvgIpc) is 2.84. The van der Waals surface area contributed by atoms with Crippen molar-refractivity contribution in [1.29, 1.82) is 0 Å². The number of aliphatic hydroxyl groups is 2. The second-order valence-electron chi connectivity index (χ2n) is 9.30. The van der Waals surface area contributed by atoms with Gasteiger partial charge in [-0.2, -0.15) is 0 Å². The lowest BCUT2D eigenvalue weighted by Gasteiger charge is -2.48. The highest BCUT2D eigenvalue weighted by molar-refractivity contribution is 5.27. The molecule has 8 heteroatoms. The van der Waals surface area contributed by atoms with Crippen molar-refractivity contribution in [2.24, 2.45) is 0 Å². The largest absolute Gasteiger partial charge is 0.497 e. The summed E-state index contributed by atoms with van der Waals surface area (Å²) in [5, 5.41) is 21.1. The zero-order chi connectivity index (χ0) is 24.7. The van der Waals surface area contributed by atoms with Crippen molar-refractivity contribution in [2.45, 2.75) is 69.1 Å². The van der Waals surface area contributed by atoms with Crippen LogP contribution in [0.15, 0.2) is 48.5 Å². The molecule has 0 aromatic heterocycles. The molecular weight excluding hydrogens is 452 g/mol. The van der Waals surface area contributed by atoms with Crippen molar-refractivity contribution in [3.8, 4) is 11.5 Å². The molecule has 2 fully saturated rings. The second kappa shape index (κ2) is 12.2. The monoisotopic (exact) mass is 488 g/mol. The van der Waals surface area contributed by atoms with Crippen LogP contribution in [0.1, 0.15) is 36.8 Å². The van der Waals surface area contributed by atoms with Gasteiger partial charge in [0.1, 0.15) is 11.5 Å². The molecule has 2 saturated heterocycles. The van der Waals surface area contributed by atoms with Gasteiger partial charge in [0.2, 0.25) is 0 Å². The molecule has 0 unspecified atom stereocenters. The molecule has 0 amide bonds. The Balaban J connectivity index is 1.27. The van der Waals surface area contributed by atoms with Gasteiger partial charge in [0.25, 0.3) is 0 Å². The molecule has 2 aliphatic heterocycles. The third-order valence-electron chi connectivity index (χ3n) is 6.39. The van der Waals surface area contributed by atoms with Crippen LogP contribution in [-0.4, -0.2) is 67.8 Å². The van der Waals surface area contributed by atoms with Gasteiger partial charge in [0.05, 0.1) is 65.1 Å². The van der Waals surface area contributed by atoms with Crippen LogP contribution in [0.2, 0.25) is 0 Å². The minimum absolute atomic E-state index is 0.314. The van der Waals surface area contributed by atoms with Crippen molar-refractivity contribution in [1.82, 2.24) is 0 Å². The summed E-state index contributed by atoms with van der Waals surface area (Å²) in [6.07, 6.45) is -0.298. The molecule has 35 heavy (non-hydrogen) atoms. The fourth-order valence-corrected chi connectivity index (χ4v) is 4.76. The zero-order valence-electron chi connectivity index (χ0n) is 20.4. The summed E-state index contributed by atoms with van der Waals surface area (Å²) in [6, 6.07) is 15.4. The van der Waals surface area contributed by atoms with E-state index in [1.54, 1.807) is 14.2 Å². The quantitative estimate of drug-likeness (QED) is 0.527. The molecule has 2 aromatic carbocycles. The summed E-state index contributed by atoms with van der Waals surface area (Å²) in [6.45, 7) is 1.50. The van der Waals surface area contributed by atoms with Gasteiger partial charge in [-0.1, -0.05) is 24.3 Å². The van der Waals surface area contributed by atoms with Crippen LogP contribution in [0.5, 0.6) is 11.5 Å². The zero-order valence-corrected chi connectivity index (χ0v) is 20.4. The molecule has 2 aromatic rings. The molecule has 4 atom stereocenters. The summed E-state index contributed by atoms with van der Waals surface area (Å²) in [4.78, 5) is 0. The van der Waals surface area contributed by atoms with E-state index in [9.17, 15) is 10.2 Å². The van der Waals surface area contributed by atoms with Crippen LogP contribution >= 0.6 is 0 Å². The first-order valence-corrected chi connectivity index (χ1v) is 12.1. The third kappa shape index (κ3) is 7.39. The van der Waals surface area contributed by atoms with E-state index in [4.69, 9.17) is 28.4 Å². The van der Waals surface area contributed by atoms with Crippen molar-refractivity contribution in [2.75, 3.05) is 27.4 Å². The van der Waals surface area contributed by atoms with E-state index in [0.717, 1.165) is 22.6 Å². The number of benzene rings is 2. The van der Waals surface area contributed by atoms with Crippen LogP contribution < -0.4 is 9.47 Å². The summed E-state index contributed by atoms with van der Waals surface area (Å²) in [7, 11) is 3.27. The number of aliphatic hydroxyl groups excluding tert-OH is 2. The average molecular weight is 489 g/mol. The smallest absolute Gasteiger partial charge is 0.174 e. The molecule has 192 valence electrons. The van der Waals surface area contributed by atoms with Gasteiger partial charge in [-0.25, -0.2) is 0 Å². The third-order valence-corrected chi connectivity index (χ3v) is 6.39. The van der Waals surface area contributed by atoms with Crippen molar-refractivity contribution < 1.29 is 38.6 Å². The predicted molar refractivity (Wildman–Crippen MR) is 128 cm³/mol. The number of hydrogen-bond acceptors (Lipinski definition) is 8. The maximum atomic E-state index is 10.6. The highest BCUT2D eigenvalue weighted by Gasteiger charge is 2.48. The Bertz CT molecular complexity index is 825. The summed E-state index contributed by atoms with van der Waals surface area (Å²) in [5.74, 6) is 0.548. The van der Waals surface area contributed by atoms with Crippen molar-refractivity contribution >= 4 is 0 Å². The Morgan fingerprint density at radius 1 is 0.714 bits per heavy atom. The van der Waals surface area contributed by atoms with Gasteiger partial charge >= 0.3 is 0 Å². The molecule has 2 heterocycles. The first kappa shape index (κ1) is 25.9. The standard InChI is InChI=1S/C27H36O8/c1-30-23-7-3-19(4-8-23)15-32-17-25-11-21(28)13-27(34-25)14-22(29)12-26(35-27)18-33-16-20-5-9-24(31-2)10-6-20/h3-10,21-22,25-26,28-29H,11-18H2,1-2H3/t21-,22-,25+,26+,27?/m0/s1. The van der Waals surface area contributed by atoms with Gasteiger partial charge in [0, 0.05) is 25.7 Å². The van der Waals surface area contributed by atoms with Crippen molar-refractivity contribution in [3.05, 3.63) is 59.7 Å². The predicted octanol–water partition coefficient (Wildman–Crippen LogP) is 3.21. The van der Waals surface area contributed by atoms with E-state index in [1.807, 2.05) is 48.5 Å². The molecule has 8 nitrogen and oxygen atoms in total. The molecule has 2 aliphatic rings. The van der Waals surface area contributed by atoms with Crippen LogP contribution in [0.3, 0.4) is 0 Å². The maximum Gasteiger partial charge on any atom is 0.174 e. The van der Waals surface area contributed by atoms with Gasteiger partial charge in [0.15, 0.2) is 5.79 Å². The Labute approximate surface area is 206 Å². The van der Waals surface area contributed by atoms with Crippen LogP contribution in [0.4, 0.5) is 0 Å². The van der Waals surface area contributed by atoms with E-state index in [0.29, 0.717) is 52.1 Å². The fourth-order valence-electron chi connectivity index (χ4n) is 4.76. The molecule has 0 bridgehead atoms. The molecule has 2 N–H and O–H groups in total. The van der Waals surface area contributed by atoms with Gasteiger partial charge < -0.3 is 38.6 Å². The van der Waals surface area contributed by atoms with E-state index in [-0.39, 0.29) is 12.2 Å². The number of methoxy groups -OCH3 is 2. The molecular formula is C27H36O8. The Morgan fingerprint density at radius 3 is 1.49 bits per heavy atom. The summed E-state index contributed by atoms with van der Waals surface area (Å²) < 4.78 is 34.7. The normalized spacial score (nSPS) is 28.7. The van der Waals surface area contributed by atoms with Gasteiger partial charge in [-0.05, 0) is 35.4 Å². The lowest BCUT2D eigenvalue weighted by Crippen LogP contribution is -2.56. The highest BCUT2D eigenvalue weighted by Crippen LogP contribution is 2.39. The fraction of sp³-hybridized carbons (Fsp3) is 0.556. The molecule has 4 rings (SSSR count). The second-order valence-corrected chi connectivity index (χ2v) is 9.30. The molecule has 0 saturated carbocycles. The lowest BCUT2D eigenvalue weighted by atomic mass is 9.90. The van der Waals surface area contributed by atoms with Crippen LogP contribution in [0.25, 0.3) is 0 Å². The topological polar surface area (TPSA) is 95.8 Å². The minimum atomic E-state index is -1.04. The van der Waals surface area contributed by atoms with E-state index < -0.39 is 18.0 Å². The Morgan fingerprint density at radius 2 is 1.11 bits per heavy atom.